The van der Waals surface area contributed by atoms with Crippen molar-refractivity contribution in [3.63, 3.8) is 0 Å². The molecule has 0 bridgehead atoms. The van der Waals surface area contributed by atoms with Crippen molar-refractivity contribution in [2.75, 3.05) is 20.1 Å². The van der Waals surface area contributed by atoms with Crippen molar-refractivity contribution >= 4 is 5.91 Å². The van der Waals surface area contributed by atoms with Gasteiger partial charge in [-0.3, -0.25) is 4.79 Å². The highest BCUT2D eigenvalue weighted by molar-refractivity contribution is 5.86. The van der Waals surface area contributed by atoms with Gasteiger partial charge >= 0.3 is 0 Å². The summed E-state index contributed by atoms with van der Waals surface area (Å²) in [7, 11) is 2.12. The molecule has 2 aliphatic rings. The number of rotatable bonds is 4. The van der Waals surface area contributed by atoms with Gasteiger partial charge in [-0.2, -0.15) is 0 Å². The topological polar surface area (TPSA) is 32.3 Å². The summed E-state index contributed by atoms with van der Waals surface area (Å²) in [4.78, 5) is 14.8. The molecule has 0 unspecified atom stereocenters. The minimum absolute atomic E-state index is 0.116. The Hall–Kier alpha value is -1.35. The summed E-state index contributed by atoms with van der Waals surface area (Å²) in [6.45, 7) is 4.19. The molecule has 3 rings (SSSR count). The van der Waals surface area contributed by atoms with Crippen LogP contribution < -0.4 is 5.32 Å². The summed E-state index contributed by atoms with van der Waals surface area (Å²) in [6.07, 6.45) is 4.05. The fourth-order valence-corrected chi connectivity index (χ4v) is 3.24. The molecule has 2 fully saturated rings. The number of carbonyl (C=O) groups is 1. The molecule has 1 aliphatic carbocycles. The monoisotopic (exact) mass is 272 g/mol. The van der Waals surface area contributed by atoms with E-state index in [1.165, 1.54) is 11.1 Å². The van der Waals surface area contributed by atoms with Crippen LogP contribution in [-0.2, 0) is 11.2 Å². The molecule has 0 aromatic heterocycles. The predicted octanol–water partition coefficient (Wildman–Crippen LogP) is 2.14. The van der Waals surface area contributed by atoms with Crippen molar-refractivity contribution in [1.29, 1.82) is 0 Å². The van der Waals surface area contributed by atoms with E-state index >= 15 is 0 Å². The summed E-state index contributed by atoms with van der Waals surface area (Å²) in [6, 6.07) is 8.89. The van der Waals surface area contributed by atoms with Gasteiger partial charge in [0.25, 0.3) is 0 Å². The number of nitrogens with one attached hydrogen (secondary N) is 1. The fourth-order valence-electron chi connectivity index (χ4n) is 3.24. The van der Waals surface area contributed by atoms with Crippen LogP contribution in [-0.4, -0.2) is 37.0 Å². The Morgan fingerprint density at radius 2 is 2.25 bits per heavy atom. The molecular weight excluding hydrogens is 248 g/mol. The molecule has 0 radical (unpaired) electrons. The first-order valence-corrected chi connectivity index (χ1v) is 7.62. The number of likely N-dealkylation sites (tertiary alicyclic amines) is 1. The molecule has 1 N–H and O–H groups in total. The molecule has 1 saturated heterocycles. The Bertz CT molecular complexity index is 507. The quantitative estimate of drug-likeness (QED) is 0.911. The molecule has 108 valence electrons. The number of nitrogens with zero attached hydrogens (tertiary/aromatic N) is 1. The number of hydrogen-bond donors (Lipinski definition) is 1. The van der Waals surface area contributed by atoms with Gasteiger partial charge in [0.1, 0.15) is 0 Å². The lowest BCUT2D eigenvalue weighted by Gasteiger charge is -2.19. The molecule has 1 heterocycles. The fraction of sp³-hybridized carbons (Fsp3) is 0.588. The van der Waals surface area contributed by atoms with E-state index in [4.69, 9.17) is 0 Å². The van der Waals surface area contributed by atoms with E-state index in [1.807, 2.05) is 0 Å². The second kappa shape index (κ2) is 5.21. The molecule has 1 atom stereocenters. The Morgan fingerprint density at radius 3 is 2.85 bits per heavy atom. The van der Waals surface area contributed by atoms with E-state index in [0.717, 1.165) is 38.8 Å². The van der Waals surface area contributed by atoms with Gasteiger partial charge in [-0.1, -0.05) is 29.8 Å². The highest BCUT2D eigenvalue weighted by Gasteiger charge is 2.50. The number of amides is 1. The third-order valence-electron chi connectivity index (χ3n) is 4.69. The lowest BCUT2D eigenvalue weighted by Crippen LogP contribution is -2.41. The van der Waals surface area contributed by atoms with Gasteiger partial charge in [-0.15, -0.1) is 0 Å². The number of likely N-dealkylation sites (N-methyl/N-ethyl adjacent to an activating group) is 1. The summed E-state index contributed by atoms with van der Waals surface area (Å²) in [5.41, 5.74) is 2.45. The number of carbonyl (C=O) groups excluding carboxylic acids is 1. The van der Waals surface area contributed by atoms with Crippen molar-refractivity contribution in [2.45, 2.75) is 38.6 Å². The van der Waals surface area contributed by atoms with E-state index in [-0.39, 0.29) is 11.3 Å². The zero-order chi connectivity index (χ0) is 14.2. The third kappa shape index (κ3) is 2.88. The summed E-state index contributed by atoms with van der Waals surface area (Å²) >= 11 is 0. The van der Waals surface area contributed by atoms with Crippen LogP contribution in [0, 0.1) is 12.3 Å². The van der Waals surface area contributed by atoms with Gasteiger partial charge in [0.05, 0.1) is 5.41 Å². The number of benzene rings is 1. The van der Waals surface area contributed by atoms with E-state index in [0.29, 0.717) is 6.04 Å². The lowest BCUT2D eigenvalue weighted by molar-refractivity contribution is -0.127. The van der Waals surface area contributed by atoms with Crippen LogP contribution in [0.5, 0.6) is 0 Å². The molecule has 20 heavy (non-hydrogen) atoms. The Balaban J connectivity index is 1.62. The largest absolute Gasteiger partial charge is 0.352 e. The van der Waals surface area contributed by atoms with E-state index in [2.05, 4.69) is 48.5 Å². The highest BCUT2D eigenvalue weighted by atomic mass is 16.2. The van der Waals surface area contributed by atoms with Crippen LogP contribution in [0.25, 0.3) is 0 Å². The van der Waals surface area contributed by atoms with Crippen molar-refractivity contribution in [3.05, 3.63) is 35.4 Å². The van der Waals surface area contributed by atoms with Gasteiger partial charge < -0.3 is 10.2 Å². The van der Waals surface area contributed by atoms with Crippen LogP contribution in [0.2, 0.25) is 0 Å². The first kappa shape index (κ1) is 13.6. The van der Waals surface area contributed by atoms with Crippen molar-refractivity contribution in [1.82, 2.24) is 10.2 Å². The first-order valence-electron chi connectivity index (χ1n) is 7.62. The number of aryl methyl sites for hydroxylation is 1. The maximum atomic E-state index is 12.5. The average molecular weight is 272 g/mol. The van der Waals surface area contributed by atoms with E-state index in [9.17, 15) is 4.79 Å². The molecule has 3 nitrogen and oxygen atoms in total. The van der Waals surface area contributed by atoms with Crippen LogP contribution >= 0.6 is 0 Å². The van der Waals surface area contributed by atoms with Crippen LogP contribution in [0.15, 0.2) is 24.3 Å². The number of hydrogen-bond acceptors (Lipinski definition) is 2. The Kier molecular flexibility index (Phi) is 3.55. The molecular formula is C17H24N2O. The Labute approximate surface area is 121 Å². The summed E-state index contributed by atoms with van der Waals surface area (Å²) < 4.78 is 0. The second-order valence-corrected chi connectivity index (χ2v) is 6.67. The molecule has 1 saturated carbocycles. The van der Waals surface area contributed by atoms with Crippen molar-refractivity contribution < 1.29 is 4.79 Å². The molecule has 1 aromatic rings. The van der Waals surface area contributed by atoms with Crippen LogP contribution in [0.3, 0.4) is 0 Å². The van der Waals surface area contributed by atoms with Gasteiger partial charge in [-0.25, -0.2) is 0 Å². The van der Waals surface area contributed by atoms with Crippen LogP contribution in [0.4, 0.5) is 0 Å². The summed E-state index contributed by atoms with van der Waals surface area (Å²) in [5, 5.41) is 3.27. The standard InChI is InChI=1S/C17H24N2O/c1-13-4-3-5-14(10-13)11-17(7-8-17)16(20)18-15-6-9-19(2)12-15/h3-5,10,15H,6-9,11-12H2,1-2H3,(H,18,20)/t15-/m1/s1. The minimum Gasteiger partial charge on any atom is -0.352 e. The maximum Gasteiger partial charge on any atom is 0.226 e. The van der Waals surface area contributed by atoms with Crippen molar-refractivity contribution in [3.8, 4) is 0 Å². The minimum atomic E-state index is -0.116. The lowest BCUT2D eigenvalue weighted by atomic mass is 9.94. The maximum absolute atomic E-state index is 12.5. The van der Waals surface area contributed by atoms with Crippen LogP contribution in [0.1, 0.15) is 30.4 Å². The molecule has 3 heteroatoms. The molecule has 1 amide bonds. The predicted molar refractivity (Wildman–Crippen MR) is 80.6 cm³/mol. The average Bonchev–Trinajstić information content (AvgIpc) is 3.06. The molecule has 0 spiro atoms. The first-order chi connectivity index (χ1) is 9.57. The third-order valence-corrected chi connectivity index (χ3v) is 4.69. The van der Waals surface area contributed by atoms with Crippen molar-refractivity contribution in [2.24, 2.45) is 5.41 Å². The summed E-state index contributed by atoms with van der Waals surface area (Å²) in [5.74, 6) is 0.277. The highest BCUT2D eigenvalue weighted by Crippen LogP contribution is 2.48. The molecule has 1 aromatic carbocycles. The van der Waals surface area contributed by atoms with Gasteiger partial charge in [-0.05, 0) is 51.8 Å². The van der Waals surface area contributed by atoms with E-state index < -0.39 is 0 Å². The SMILES string of the molecule is Cc1cccc(CC2(C(=O)N[C@@H]3CCN(C)C3)CC2)c1. The van der Waals surface area contributed by atoms with Gasteiger partial charge in [0.2, 0.25) is 5.91 Å². The zero-order valence-corrected chi connectivity index (χ0v) is 12.5. The second-order valence-electron chi connectivity index (χ2n) is 6.67. The van der Waals surface area contributed by atoms with Gasteiger partial charge in [0, 0.05) is 12.6 Å². The Morgan fingerprint density at radius 1 is 1.45 bits per heavy atom. The molecule has 1 aliphatic heterocycles. The zero-order valence-electron chi connectivity index (χ0n) is 12.5. The van der Waals surface area contributed by atoms with E-state index in [1.54, 1.807) is 0 Å². The van der Waals surface area contributed by atoms with Gasteiger partial charge in [0.15, 0.2) is 0 Å². The normalized spacial score (nSPS) is 24.6. The smallest absolute Gasteiger partial charge is 0.226 e.